The molecule has 3 atom stereocenters. The molecule has 4 aromatic heterocycles. The number of carbonyl (C=O) groups excluding carboxylic acids is 1. The molecule has 4 aromatic rings. The van der Waals surface area contributed by atoms with Crippen LogP contribution in [0, 0.1) is 5.92 Å². The normalized spacial score (nSPS) is 21.3. The van der Waals surface area contributed by atoms with Gasteiger partial charge in [0, 0.05) is 31.1 Å². The van der Waals surface area contributed by atoms with Gasteiger partial charge in [0.25, 0.3) is 0 Å². The van der Waals surface area contributed by atoms with Crippen LogP contribution in [0.25, 0.3) is 16.8 Å². The molecule has 0 aliphatic heterocycles. The van der Waals surface area contributed by atoms with Gasteiger partial charge in [-0.2, -0.15) is 0 Å². The molecule has 154 valence electrons. The van der Waals surface area contributed by atoms with E-state index in [1.165, 1.54) is 0 Å². The van der Waals surface area contributed by atoms with Crippen molar-refractivity contribution < 1.29 is 9.53 Å². The molecule has 9 heteroatoms. The van der Waals surface area contributed by atoms with E-state index in [-0.39, 0.29) is 12.0 Å². The van der Waals surface area contributed by atoms with Crippen molar-refractivity contribution >= 4 is 22.9 Å². The minimum absolute atomic E-state index is 0.145. The third kappa shape index (κ3) is 3.36. The number of rotatable bonds is 5. The molecule has 1 saturated carbocycles. The highest BCUT2D eigenvalue weighted by molar-refractivity contribution is 5.74. The summed E-state index contributed by atoms with van der Waals surface area (Å²) in [6.45, 7) is 2.59. The molecule has 30 heavy (non-hydrogen) atoms. The summed E-state index contributed by atoms with van der Waals surface area (Å²) in [7, 11) is 0. The van der Waals surface area contributed by atoms with Gasteiger partial charge in [-0.3, -0.25) is 9.38 Å². The molecule has 1 aliphatic carbocycles. The molecule has 1 aliphatic rings. The number of hydrogen-bond donors (Lipinski definition) is 2. The number of fused-ring (bicyclic) bond motifs is 3. The van der Waals surface area contributed by atoms with E-state index in [4.69, 9.17) is 4.74 Å². The van der Waals surface area contributed by atoms with Gasteiger partial charge in [-0.05, 0) is 42.5 Å². The van der Waals surface area contributed by atoms with Crippen molar-refractivity contribution in [3.63, 3.8) is 0 Å². The molecule has 0 bridgehead atoms. The molecule has 1 unspecified atom stereocenters. The van der Waals surface area contributed by atoms with Crippen molar-refractivity contribution in [2.24, 2.45) is 5.92 Å². The first-order valence-corrected chi connectivity index (χ1v) is 10.2. The van der Waals surface area contributed by atoms with E-state index in [9.17, 15) is 4.79 Å². The Bertz CT molecular complexity index is 1170. The number of hydrogen-bond acceptors (Lipinski definition) is 6. The van der Waals surface area contributed by atoms with Crippen LogP contribution in [-0.2, 0) is 11.3 Å². The summed E-state index contributed by atoms with van der Waals surface area (Å²) in [4.78, 5) is 23.8. The summed E-state index contributed by atoms with van der Waals surface area (Å²) in [5.41, 5.74) is 3.47. The smallest absolute Gasteiger partial charge is 0.407 e. The van der Waals surface area contributed by atoms with Gasteiger partial charge in [0.15, 0.2) is 11.3 Å². The number of alkyl carbamates (subject to hydrolysis) is 1. The molecule has 5 rings (SSSR count). The molecule has 1 amide bonds. The summed E-state index contributed by atoms with van der Waals surface area (Å²) < 4.78 is 7.80. The van der Waals surface area contributed by atoms with Crippen LogP contribution < -0.4 is 5.32 Å². The Morgan fingerprint density at radius 2 is 2.13 bits per heavy atom. The number of pyridine rings is 1. The molecule has 0 aromatic carbocycles. The Kier molecular flexibility index (Phi) is 4.78. The zero-order valence-electron chi connectivity index (χ0n) is 16.7. The number of aromatic nitrogens is 6. The molecule has 4 heterocycles. The zero-order valence-corrected chi connectivity index (χ0v) is 16.7. The highest BCUT2D eigenvalue weighted by Crippen LogP contribution is 2.42. The maximum Gasteiger partial charge on any atom is 0.407 e. The van der Waals surface area contributed by atoms with Crippen molar-refractivity contribution in [1.29, 1.82) is 0 Å². The fourth-order valence-electron chi connectivity index (χ4n) is 4.44. The SMILES string of the molecule is CC[C@@H]1C[C@H](OC(=O)NCc2ccncc2)CC1c1nnc2cnc3[nH]ccc3n12. The second-order valence-electron chi connectivity index (χ2n) is 7.70. The summed E-state index contributed by atoms with van der Waals surface area (Å²) >= 11 is 0. The van der Waals surface area contributed by atoms with E-state index in [1.807, 2.05) is 24.4 Å². The Morgan fingerprint density at radius 3 is 2.97 bits per heavy atom. The van der Waals surface area contributed by atoms with Crippen LogP contribution in [0.5, 0.6) is 0 Å². The van der Waals surface area contributed by atoms with Crippen molar-refractivity contribution in [3.05, 3.63) is 54.4 Å². The van der Waals surface area contributed by atoms with Gasteiger partial charge in [-0.1, -0.05) is 13.3 Å². The average molecular weight is 405 g/mol. The van der Waals surface area contributed by atoms with Crippen molar-refractivity contribution in [2.75, 3.05) is 0 Å². The lowest BCUT2D eigenvalue weighted by atomic mass is 9.93. The second kappa shape index (κ2) is 7.74. The average Bonchev–Trinajstić information content (AvgIpc) is 3.49. The third-order valence-electron chi connectivity index (χ3n) is 5.93. The quantitative estimate of drug-likeness (QED) is 0.528. The Balaban J connectivity index is 1.32. The number of amides is 1. The van der Waals surface area contributed by atoms with E-state index in [0.717, 1.165) is 47.5 Å². The Hall–Kier alpha value is -3.49. The maximum atomic E-state index is 12.3. The van der Waals surface area contributed by atoms with Gasteiger partial charge in [-0.25, -0.2) is 9.78 Å². The Morgan fingerprint density at radius 1 is 1.27 bits per heavy atom. The molecule has 0 radical (unpaired) electrons. The predicted molar refractivity (Wildman–Crippen MR) is 110 cm³/mol. The fourth-order valence-corrected chi connectivity index (χ4v) is 4.44. The van der Waals surface area contributed by atoms with Crippen LogP contribution in [0.3, 0.4) is 0 Å². The molecular weight excluding hydrogens is 382 g/mol. The van der Waals surface area contributed by atoms with Crippen LogP contribution in [0.15, 0.2) is 43.0 Å². The standard InChI is InChI=1S/C21H23N7O2/c1-2-14-9-15(30-21(29)25-11-13-3-6-22-7-4-13)10-16(14)20-27-26-18-12-24-19-17(28(18)20)5-8-23-19/h3-8,12,14-16,23H,2,9-11H2,1H3,(H,25,29)/t14-,15+,16?/m1/s1. The highest BCUT2D eigenvalue weighted by Gasteiger charge is 2.39. The largest absolute Gasteiger partial charge is 0.446 e. The maximum absolute atomic E-state index is 12.3. The van der Waals surface area contributed by atoms with Gasteiger partial charge in [0.05, 0.1) is 11.7 Å². The van der Waals surface area contributed by atoms with E-state index >= 15 is 0 Å². The highest BCUT2D eigenvalue weighted by atomic mass is 16.6. The first kappa shape index (κ1) is 18.5. The topological polar surface area (TPSA) is 110 Å². The monoisotopic (exact) mass is 405 g/mol. The number of aromatic amines is 1. The van der Waals surface area contributed by atoms with Crippen molar-refractivity contribution in [2.45, 2.75) is 44.8 Å². The van der Waals surface area contributed by atoms with Crippen LogP contribution in [0.1, 0.15) is 43.5 Å². The molecule has 0 saturated heterocycles. The first-order valence-electron chi connectivity index (χ1n) is 10.2. The molecule has 1 fully saturated rings. The van der Waals surface area contributed by atoms with E-state index in [2.05, 4.69) is 41.8 Å². The zero-order chi connectivity index (χ0) is 20.5. The van der Waals surface area contributed by atoms with Crippen LogP contribution in [0.2, 0.25) is 0 Å². The Labute approximate surface area is 172 Å². The second-order valence-corrected chi connectivity index (χ2v) is 7.70. The number of nitrogens with zero attached hydrogens (tertiary/aromatic N) is 5. The summed E-state index contributed by atoms with van der Waals surface area (Å²) in [5, 5.41) is 11.6. The molecule has 2 N–H and O–H groups in total. The summed E-state index contributed by atoms with van der Waals surface area (Å²) in [5.74, 6) is 1.45. The fraction of sp³-hybridized carbons (Fsp3) is 0.381. The summed E-state index contributed by atoms with van der Waals surface area (Å²) in [6.07, 6.45) is 9.00. The number of ether oxygens (including phenoxy) is 1. The van der Waals surface area contributed by atoms with E-state index < -0.39 is 6.09 Å². The number of carbonyl (C=O) groups is 1. The molecule has 0 spiro atoms. The van der Waals surface area contributed by atoms with Gasteiger partial charge < -0.3 is 15.0 Å². The van der Waals surface area contributed by atoms with Gasteiger partial charge in [-0.15, -0.1) is 10.2 Å². The van der Waals surface area contributed by atoms with Gasteiger partial charge >= 0.3 is 6.09 Å². The number of H-pyrrole nitrogens is 1. The van der Waals surface area contributed by atoms with Crippen LogP contribution >= 0.6 is 0 Å². The van der Waals surface area contributed by atoms with E-state index in [1.54, 1.807) is 18.6 Å². The first-order chi connectivity index (χ1) is 14.7. The predicted octanol–water partition coefficient (Wildman–Crippen LogP) is 3.20. The lowest BCUT2D eigenvalue weighted by molar-refractivity contribution is 0.0977. The minimum Gasteiger partial charge on any atom is -0.446 e. The van der Waals surface area contributed by atoms with Crippen molar-refractivity contribution in [3.8, 4) is 0 Å². The van der Waals surface area contributed by atoms with Crippen LogP contribution in [0.4, 0.5) is 4.79 Å². The number of nitrogens with one attached hydrogen (secondary N) is 2. The lowest BCUT2D eigenvalue weighted by Gasteiger charge is -2.15. The van der Waals surface area contributed by atoms with Gasteiger partial charge in [0.2, 0.25) is 0 Å². The van der Waals surface area contributed by atoms with Crippen LogP contribution in [-0.4, -0.2) is 41.7 Å². The summed E-state index contributed by atoms with van der Waals surface area (Å²) in [6, 6.07) is 5.72. The third-order valence-corrected chi connectivity index (χ3v) is 5.93. The van der Waals surface area contributed by atoms with E-state index in [0.29, 0.717) is 12.5 Å². The molecule has 9 nitrogen and oxygen atoms in total. The lowest BCUT2D eigenvalue weighted by Crippen LogP contribution is -2.27. The van der Waals surface area contributed by atoms with Gasteiger partial charge in [0.1, 0.15) is 11.9 Å². The molecular formula is C21H23N7O2. The van der Waals surface area contributed by atoms with Crippen molar-refractivity contribution in [1.82, 2.24) is 34.9 Å². The minimum atomic E-state index is -0.393.